The summed E-state index contributed by atoms with van der Waals surface area (Å²) < 4.78 is 1.67. The molecule has 1 amide bonds. The quantitative estimate of drug-likeness (QED) is 0.783. The van der Waals surface area contributed by atoms with Crippen molar-refractivity contribution in [2.45, 2.75) is 19.9 Å². The fourth-order valence-corrected chi connectivity index (χ4v) is 1.19. The van der Waals surface area contributed by atoms with Crippen molar-refractivity contribution in [1.82, 2.24) is 15.1 Å². The zero-order valence-corrected chi connectivity index (χ0v) is 8.90. The number of carbonyl (C=O) groups is 1. The molecule has 1 unspecified atom stereocenters. The molecule has 0 aliphatic carbocycles. The van der Waals surface area contributed by atoms with Gasteiger partial charge < -0.3 is 5.32 Å². The van der Waals surface area contributed by atoms with Gasteiger partial charge in [0.2, 0.25) is 5.91 Å². The summed E-state index contributed by atoms with van der Waals surface area (Å²) in [6.07, 6.45) is 2.34. The smallest absolute Gasteiger partial charge is 0.237 e. The second-order valence-electron chi connectivity index (χ2n) is 3.29. The van der Waals surface area contributed by atoms with E-state index >= 15 is 0 Å². The van der Waals surface area contributed by atoms with Gasteiger partial charge in [-0.3, -0.25) is 9.48 Å². The number of amides is 1. The number of nitrogens with zero attached hydrogens (tertiary/aromatic N) is 3. The molecule has 0 radical (unpaired) electrons. The third-order valence-corrected chi connectivity index (χ3v) is 2.09. The van der Waals surface area contributed by atoms with Gasteiger partial charge >= 0.3 is 0 Å². The topological polar surface area (TPSA) is 70.7 Å². The largest absolute Gasteiger partial charge is 0.349 e. The van der Waals surface area contributed by atoms with Gasteiger partial charge in [0, 0.05) is 13.2 Å². The molecule has 0 saturated heterocycles. The van der Waals surface area contributed by atoms with Gasteiger partial charge in [0.05, 0.1) is 18.3 Å². The molecule has 1 atom stereocenters. The van der Waals surface area contributed by atoms with Crippen LogP contribution in [0.25, 0.3) is 0 Å². The summed E-state index contributed by atoms with van der Waals surface area (Å²) in [6, 6.07) is 3.78. The van der Waals surface area contributed by atoms with Crippen molar-refractivity contribution in [3.63, 3.8) is 0 Å². The highest BCUT2D eigenvalue weighted by atomic mass is 16.1. The predicted molar refractivity (Wildman–Crippen MR) is 54.4 cm³/mol. The Kier molecular flexibility index (Phi) is 3.86. The SMILES string of the molecule is CCC(C#N)C(=O)NCc1ccn(C)n1. The number of hydrogen-bond acceptors (Lipinski definition) is 3. The van der Waals surface area contributed by atoms with Crippen molar-refractivity contribution in [3.8, 4) is 6.07 Å². The van der Waals surface area contributed by atoms with Gasteiger partial charge in [-0.2, -0.15) is 10.4 Å². The van der Waals surface area contributed by atoms with Crippen LogP contribution in [0.15, 0.2) is 12.3 Å². The molecule has 0 aromatic carbocycles. The first-order chi connectivity index (χ1) is 7.17. The van der Waals surface area contributed by atoms with E-state index in [2.05, 4.69) is 10.4 Å². The first-order valence-electron chi connectivity index (χ1n) is 4.83. The molecule has 1 aromatic rings. The van der Waals surface area contributed by atoms with Crippen LogP contribution >= 0.6 is 0 Å². The molecule has 5 nitrogen and oxygen atoms in total. The summed E-state index contributed by atoms with van der Waals surface area (Å²) in [4.78, 5) is 11.4. The lowest BCUT2D eigenvalue weighted by Crippen LogP contribution is -2.29. The van der Waals surface area contributed by atoms with Crippen LogP contribution in [0.2, 0.25) is 0 Å². The average molecular weight is 206 g/mol. The molecule has 1 rings (SSSR count). The van der Waals surface area contributed by atoms with Crippen LogP contribution in [0.1, 0.15) is 19.0 Å². The number of aryl methyl sites for hydroxylation is 1. The molecule has 1 N–H and O–H groups in total. The highest BCUT2D eigenvalue weighted by Gasteiger charge is 2.14. The number of aromatic nitrogens is 2. The third-order valence-electron chi connectivity index (χ3n) is 2.09. The highest BCUT2D eigenvalue weighted by molar-refractivity contribution is 5.80. The van der Waals surface area contributed by atoms with E-state index < -0.39 is 5.92 Å². The molecule has 5 heteroatoms. The number of nitrogens with one attached hydrogen (secondary N) is 1. The lowest BCUT2D eigenvalue weighted by Gasteiger charge is -2.06. The number of carbonyl (C=O) groups excluding carboxylic acids is 1. The average Bonchev–Trinajstić information content (AvgIpc) is 2.63. The zero-order chi connectivity index (χ0) is 11.3. The van der Waals surface area contributed by atoms with Crippen molar-refractivity contribution >= 4 is 5.91 Å². The maximum absolute atomic E-state index is 11.4. The van der Waals surface area contributed by atoms with Crippen LogP contribution in [0.5, 0.6) is 0 Å². The molecule has 80 valence electrons. The summed E-state index contributed by atoms with van der Waals surface area (Å²) in [6.45, 7) is 2.19. The lowest BCUT2D eigenvalue weighted by atomic mass is 10.1. The number of rotatable bonds is 4. The summed E-state index contributed by atoms with van der Waals surface area (Å²) >= 11 is 0. The van der Waals surface area contributed by atoms with Crippen LogP contribution in [-0.2, 0) is 18.4 Å². The Hall–Kier alpha value is -1.83. The van der Waals surface area contributed by atoms with Crippen molar-refractivity contribution in [2.75, 3.05) is 0 Å². The maximum Gasteiger partial charge on any atom is 0.237 e. The Morgan fingerprint density at radius 1 is 1.80 bits per heavy atom. The molecule has 0 aliphatic rings. The third kappa shape index (κ3) is 3.09. The molecule has 0 bridgehead atoms. The molecule has 0 saturated carbocycles. The Morgan fingerprint density at radius 3 is 3.00 bits per heavy atom. The van der Waals surface area contributed by atoms with E-state index in [1.807, 2.05) is 32.3 Å². The van der Waals surface area contributed by atoms with E-state index in [0.29, 0.717) is 13.0 Å². The Bertz CT molecular complexity index is 377. The lowest BCUT2D eigenvalue weighted by molar-refractivity contribution is -0.123. The molecule has 1 aromatic heterocycles. The van der Waals surface area contributed by atoms with Crippen LogP contribution in [0, 0.1) is 17.2 Å². The van der Waals surface area contributed by atoms with E-state index in [4.69, 9.17) is 5.26 Å². The van der Waals surface area contributed by atoms with Crippen molar-refractivity contribution in [3.05, 3.63) is 18.0 Å². The van der Waals surface area contributed by atoms with Crippen LogP contribution in [0.3, 0.4) is 0 Å². The number of hydrogen-bond donors (Lipinski definition) is 1. The van der Waals surface area contributed by atoms with Gasteiger partial charge in [0.15, 0.2) is 0 Å². The fourth-order valence-electron chi connectivity index (χ4n) is 1.19. The predicted octanol–water partition coefficient (Wildman–Crippen LogP) is 0.586. The van der Waals surface area contributed by atoms with Crippen molar-refractivity contribution < 1.29 is 4.79 Å². The standard InChI is InChI=1S/C10H14N4O/c1-3-8(6-11)10(15)12-7-9-4-5-14(2)13-9/h4-5,8H,3,7H2,1-2H3,(H,12,15). The molecule has 0 aliphatic heterocycles. The first kappa shape index (κ1) is 11.2. The minimum Gasteiger partial charge on any atom is -0.349 e. The Labute approximate surface area is 88.7 Å². The Balaban J connectivity index is 2.44. The van der Waals surface area contributed by atoms with Gasteiger partial charge in [-0.1, -0.05) is 6.92 Å². The van der Waals surface area contributed by atoms with Crippen molar-refractivity contribution in [2.24, 2.45) is 13.0 Å². The van der Waals surface area contributed by atoms with Gasteiger partial charge in [-0.15, -0.1) is 0 Å². The van der Waals surface area contributed by atoms with E-state index in [0.717, 1.165) is 5.69 Å². The number of nitriles is 1. The van der Waals surface area contributed by atoms with E-state index in [9.17, 15) is 4.79 Å². The summed E-state index contributed by atoms with van der Waals surface area (Å²) in [5.41, 5.74) is 0.790. The highest BCUT2D eigenvalue weighted by Crippen LogP contribution is 2.01. The van der Waals surface area contributed by atoms with Crippen molar-refractivity contribution in [1.29, 1.82) is 5.26 Å². The van der Waals surface area contributed by atoms with Gasteiger partial charge in [-0.25, -0.2) is 0 Å². The van der Waals surface area contributed by atoms with Crippen LogP contribution in [-0.4, -0.2) is 15.7 Å². The normalized spacial score (nSPS) is 11.8. The summed E-state index contributed by atoms with van der Waals surface area (Å²) in [5.74, 6) is -0.792. The molecule has 15 heavy (non-hydrogen) atoms. The van der Waals surface area contributed by atoms with E-state index in [1.54, 1.807) is 4.68 Å². The van der Waals surface area contributed by atoms with Gasteiger partial charge in [-0.05, 0) is 12.5 Å². The minimum absolute atomic E-state index is 0.231. The maximum atomic E-state index is 11.4. The second kappa shape index (κ2) is 5.15. The second-order valence-corrected chi connectivity index (χ2v) is 3.29. The van der Waals surface area contributed by atoms with Crippen LogP contribution < -0.4 is 5.32 Å². The molecular formula is C10H14N4O. The molecular weight excluding hydrogens is 192 g/mol. The first-order valence-corrected chi connectivity index (χ1v) is 4.83. The minimum atomic E-state index is -0.561. The molecule has 1 heterocycles. The molecule has 0 spiro atoms. The molecule has 0 fully saturated rings. The zero-order valence-electron chi connectivity index (χ0n) is 8.90. The van der Waals surface area contributed by atoms with E-state index in [1.165, 1.54) is 0 Å². The Morgan fingerprint density at radius 2 is 2.53 bits per heavy atom. The summed E-state index contributed by atoms with van der Waals surface area (Å²) in [5, 5.41) is 15.5. The van der Waals surface area contributed by atoms with E-state index in [-0.39, 0.29) is 5.91 Å². The monoisotopic (exact) mass is 206 g/mol. The fraction of sp³-hybridized carbons (Fsp3) is 0.500. The van der Waals surface area contributed by atoms with Gasteiger partial charge in [0.25, 0.3) is 0 Å². The van der Waals surface area contributed by atoms with Crippen LogP contribution in [0.4, 0.5) is 0 Å². The van der Waals surface area contributed by atoms with Gasteiger partial charge in [0.1, 0.15) is 5.92 Å². The summed E-state index contributed by atoms with van der Waals surface area (Å²) in [7, 11) is 1.81.